The lowest BCUT2D eigenvalue weighted by Crippen LogP contribution is -2.61. The molecule has 2 rings (SSSR count). The van der Waals surface area contributed by atoms with Crippen molar-refractivity contribution in [3.63, 3.8) is 0 Å². The fraction of sp³-hybridized carbons (Fsp3) is 0.950. The molecular weight excluding hydrogens is 945 g/mol. The Morgan fingerprint density at radius 3 is 1.23 bits per heavy atom. The van der Waals surface area contributed by atoms with E-state index < -0.39 is 80.7 Å². The van der Waals surface area contributed by atoms with Crippen LogP contribution in [-0.4, -0.2) is 142 Å². The molecule has 2 heterocycles. The summed E-state index contributed by atoms with van der Waals surface area (Å²) in [5, 5.41) is 72.4. The third-order valence-electron chi connectivity index (χ3n) is 15.0. The summed E-state index contributed by atoms with van der Waals surface area (Å²) < 4.78 is 34.5. The monoisotopic (exact) mass is 1060 g/mol. The van der Waals surface area contributed by atoms with Crippen LogP contribution in [0.15, 0.2) is 12.2 Å². The maximum atomic E-state index is 13.1. The molecule has 7 N–H and O–H groups in total. The summed E-state index contributed by atoms with van der Waals surface area (Å²) >= 11 is 0. The van der Waals surface area contributed by atoms with Crippen molar-refractivity contribution in [3.05, 3.63) is 12.2 Å². The smallest absolute Gasteiger partial charge is 0.306 e. The van der Waals surface area contributed by atoms with Gasteiger partial charge in [0, 0.05) is 13.0 Å². The zero-order valence-corrected chi connectivity index (χ0v) is 47.1. The Morgan fingerprint density at radius 2 is 0.797 bits per heavy atom. The molecule has 2 fully saturated rings. The van der Waals surface area contributed by atoms with Gasteiger partial charge in [-0.25, -0.2) is 0 Å². The minimum absolute atomic E-state index is 0.0675. The van der Waals surface area contributed by atoms with Crippen molar-refractivity contribution in [2.45, 2.75) is 332 Å². The van der Waals surface area contributed by atoms with Crippen LogP contribution < -0.4 is 0 Å². The number of allylic oxidation sites excluding steroid dienone is 2. The van der Waals surface area contributed by atoms with Crippen LogP contribution >= 0.6 is 0 Å². The number of aliphatic hydroxyl groups excluding tert-OH is 7. The lowest BCUT2D eigenvalue weighted by atomic mass is 9.98. The van der Waals surface area contributed by atoms with Crippen LogP contribution in [0.25, 0.3) is 0 Å². The van der Waals surface area contributed by atoms with Crippen LogP contribution in [0, 0.1) is 0 Å². The highest BCUT2D eigenvalue weighted by Gasteiger charge is 2.47. The highest BCUT2D eigenvalue weighted by Crippen LogP contribution is 2.27. The second-order valence-corrected chi connectivity index (χ2v) is 21.9. The average molecular weight is 1060 g/mol. The Morgan fingerprint density at radius 1 is 0.432 bits per heavy atom. The minimum Gasteiger partial charge on any atom is -0.457 e. The number of unbranched alkanes of at least 4 members (excludes halogenated alkanes) is 35. The van der Waals surface area contributed by atoms with E-state index in [4.69, 9.17) is 28.4 Å². The summed E-state index contributed by atoms with van der Waals surface area (Å²) in [6.07, 6.45) is 37.0. The van der Waals surface area contributed by atoms with Crippen LogP contribution in [0.3, 0.4) is 0 Å². The van der Waals surface area contributed by atoms with Crippen LogP contribution in [0.5, 0.6) is 0 Å². The van der Waals surface area contributed by atoms with E-state index in [0.29, 0.717) is 13.0 Å². The second kappa shape index (κ2) is 47.7. The highest BCUT2D eigenvalue weighted by molar-refractivity contribution is 5.69. The molecule has 0 aromatic rings. The van der Waals surface area contributed by atoms with Crippen molar-refractivity contribution in [2.75, 3.05) is 33.0 Å². The van der Waals surface area contributed by atoms with Gasteiger partial charge in [0.05, 0.1) is 26.4 Å². The van der Waals surface area contributed by atoms with Crippen molar-refractivity contribution >= 4 is 5.97 Å². The van der Waals surface area contributed by atoms with Crippen LogP contribution in [-0.2, 0) is 33.2 Å². The standard InChI is InChI=1S/C60H114O14/c1-3-5-7-9-11-13-15-17-19-21-23-24-25-27-29-31-33-35-37-39-41-43-52(62)72-49(46-69-44-42-40-38-36-34-32-30-28-26-22-20-18-16-14-12-10-8-6-4-2)47-70-59-58(68)56(66)54(64)51(74-59)48-71-60-57(67)55(65)53(63)50(45-61)73-60/h21,23,49-51,53-61,63-68H,3-20,22,24-48H2,1-2H3/b23-21-. The van der Waals surface area contributed by atoms with Gasteiger partial charge in [-0.05, 0) is 38.5 Å². The van der Waals surface area contributed by atoms with Crippen molar-refractivity contribution in [2.24, 2.45) is 0 Å². The summed E-state index contributed by atoms with van der Waals surface area (Å²) in [6.45, 7) is 3.75. The van der Waals surface area contributed by atoms with E-state index in [1.807, 2.05) is 0 Å². The number of ether oxygens (including phenoxy) is 6. The number of hydrogen-bond donors (Lipinski definition) is 7. The van der Waals surface area contributed by atoms with Crippen LogP contribution in [0.1, 0.15) is 264 Å². The molecule has 11 unspecified atom stereocenters. The van der Waals surface area contributed by atoms with Gasteiger partial charge in [-0.3, -0.25) is 4.79 Å². The first-order valence-electron chi connectivity index (χ1n) is 30.8. The fourth-order valence-electron chi connectivity index (χ4n) is 10.0. The maximum Gasteiger partial charge on any atom is 0.306 e. The number of hydrogen-bond acceptors (Lipinski definition) is 14. The quantitative estimate of drug-likeness (QED) is 0.0172. The maximum absolute atomic E-state index is 13.1. The molecule has 14 nitrogen and oxygen atoms in total. The van der Waals surface area contributed by atoms with Gasteiger partial charge in [0.2, 0.25) is 0 Å². The van der Waals surface area contributed by atoms with E-state index in [-0.39, 0.29) is 25.6 Å². The lowest BCUT2D eigenvalue weighted by Gasteiger charge is -2.42. The molecule has 0 aromatic carbocycles. The van der Waals surface area contributed by atoms with Gasteiger partial charge in [-0.2, -0.15) is 0 Å². The third kappa shape index (κ3) is 33.9. The highest BCUT2D eigenvalue weighted by atomic mass is 16.7. The van der Waals surface area contributed by atoms with Crippen molar-refractivity contribution in [1.82, 2.24) is 0 Å². The van der Waals surface area contributed by atoms with Gasteiger partial charge in [0.1, 0.15) is 54.9 Å². The van der Waals surface area contributed by atoms with Gasteiger partial charge in [-0.15, -0.1) is 0 Å². The first-order valence-corrected chi connectivity index (χ1v) is 30.8. The molecule has 2 aliphatic heterocycles. The zero-order valence-electron chi connectivity index (χ0n) is 47.1. The van der Waals surface area contributed by atoms with E-state index in [1.54, 1.807) is 0 Å². The van der Waals surface area contributed by atoms with E-state index >= 15 is 0 Å². The van der Waals surface area contributed by atoms with Gasteiger partial charge in [-0.1, -0.05) is 231 Å². The summed E-state index contributed by atoms with van der Waals surface area (Å²) in [6, 6.07) is 0. The first kappa shape index (κ1) is 68.8. The number of rotatable bonds is 51. The molecule has 0 bridgehead atoms. The van der Waals surface area contributed by atoms with Crippen molar-refractivity contribution in [1.29, 1.82) is 0 Å². The molecule has 2 aliphatic rings. The molecule has 0 aromatic heterocycles. The molecule has 2 saturated heterocycles. The van der Waals surface area contributed by atoms with Crippen molar-refractivity contribution < 1.29 is 69.0 Å². The van der Waals surface area contributed by atoms with Crippen molar-refractivity contribution in [3.8, 4) is 0 Å². The number of carbonyl (C=O) groups is 1. The number of esters is 1. The largest absolute Gasteiger partial charge is 0.457 e. The molecule has 438 valence electrons. The molecular formula is C60H114O14. The molecule has 11 atom stereocenters. The number of carbonyl (C=O) groups excluding carboxylic acids is 1. The average Bonchev–Trinajstić information content (AvgIpc) is 3.40. The summed E-state index contributed by atoms with van der Waals surface area (Å²) in [4.78, 5) is 13.1. The molecule has 0 radical (unpaired) electrons. The van der Waals surface area contributed by atoms with Gasteiger partial charge >= 0.3 is 5.97 Å². The fourth-order valence-corrected chi connectivity index (χ4v) is 10.0. The Bertz CT molecular complexity index is 1270. The first-order chi connectivity index (χ1) is 36.1. The Labute approximate surface area is 450 Å². The number of aliphatic hydroxyl groups is 7. The molecule has 0 saturated carbocycles. The molecule has 14 heteroatoms. The predicted octanol–water partition coefficient (Wildman–Crippen LogP) is 11.4. The topological polar surface area (TPSA) is 214 Å². The normalized spacial score (nSPS) is 24.8. The predicted molar refractivity (Wildman–Crippen MR) is 294 cm³/mol. The van der Waals surface area contributed by atoms with E-state index in [9.17, 15) is 40.5 Å². The second-order valence-electron chi connectivity index (χ2n) is 21.9. The third-order valence-corrected chi connectivity index (χ3v) is 15.0. The Kier molecular flexibility index (Phi) is 44.4. The summed E-state index contributed by atoms with van der Waals surface area (Å²) in [7, 11) is 0. The summed E-state index contributed by atoms with van der Waals surface area (Å²) in [5.41, 5.74) is 0. The Hall–Kier alpha value is -1.27. The van der Waals surface area contributed by atoms with Crippen LogP contribution in [0.2, 0.25) is 0 Å². The molecule has 0 aliphatic carbocycles. The molecule has 74 heavy (non-hydrogen) atoms. The zero-order chi connectivity index (χ0) is 53.7. The minimum atomic E-state index is -1.70. The van der Waals surface area contributed by atoms with E-state index in [0.717, 1.165) is 38.5 Å². The van der Waals surface area contributed by atoms with E-state index in [1.165, 1.54) is 199 Å². The molecule has 0 spiro atoms. The lowest BCUT2D eigenvalue weighted by molar-refractivity contribution is -0.332. The van der Waals surface area contributed by atoms with Gasteiger partial charge < -0.3 is 64.2 Å². The van der Waals surface area contributed by atoms with Gasteiger partial charge in [0.25, 0.3) is 0 Å². The Balaban J connectivity index is 1.69. The van der Waals surface area contributed by atoms with Gasteiger partial charge in [0.15, 0.2) is 12.6 Å². The molecule has 0 amide bonds. The van der Waals surface area contributed by atoms with E-state index in [2.05, 4.69) is 26.0 Å². The SMILES string of the molecule is CCCCCCCCCC/C=C\CCCCCCCCCCCC(=O)OC(COCCCCCCCCCCCCCCCCCCCCC)COC1OC(COC2OC(CO)C(O)C(O)C2O)C(O)C(O)C1O. The summed E-state index contributed by atoms with van der Waals surface area (Å²) in [5.74, 6) is -0.371. The van der Waals surface area contributed by atoms with Crippen LogP contribution in [0.4, 0.5) is 0 Å².